The van der Waals surface area contributed by atoms with Crippen LogP contribution in [0.1, 0.15) is 26.7 Å². The molecule has 1 aliphatic rings. The SMILES string of the molecule is CCC(CC)C1=CC(=O)NC1=O. The van der Waals surface area contributed by atoms with Gasteiger partial charge in [0.25, 0.3) is 11.8 Å². The Morgan fingerprint density at radius 1 is 1.33 bits per heavy atom. The molecule has 0 fully saturated rings. The molecule has 0 aromatic carbocycles. The Morgan fingerprint density at radius 3 is 2.25 bits per heavy atom. The van der Waals surface area contributed by atoms with E-state index in [1.807, 2.05) is 13.8 Å². The molecule has 66 valence electrons. The summed E-state index contributed by atoms with van der Waals surface area (Å²) in [6.07, 6.45) is 3.23. The van der Waals surface area contributed by atoms with Gasteiger partial charge in [-0.05, 0) is 18.8 Å². The van der Waals surface area contributed by atoms with Crippen LogP contribution in [0.4, 0.5) is 0 Å². The second kappa shape index (κ2) is 3.52. The third-order valence-corrected chi connectivity index (χ3v) is 2.21. The number of nitrogens with one attached hydrogen (secondary N) is 1. The van der Waals surface area contributed by atoms with Crippen molar-refractivity contribution in [1.82, 2.24) is 5.32 Å². The third-order valence-electron chi connectivity index (χ3n) is 2.21. The predicted molar refractivity (Wildman–Crippen MR) is 45.3 cm³/mol. The summed E-state index contributed by atoms with van der Waals surface area (Å²) in [6.45, 7) is 4.04. The van der Waals surface area contributed by atoms with Crippen molar-refractivity contribution in [3.8, 4) is 0 Å². The van der Waals surface area contributed by atoms with Gasteiger partial charge in [0, 0.05) is 11.6 Å². The molecule has 1 heterocycles. The molecule has 1 aliphatic heterocycles. The summed E-state index contributed by atoms with van der Waals surface area (Å²) in [6, 6.07) is 0. The summed E-state index contributed by atoms with van der Waals surface area (Å²) in [5.74, 6) is -0.257. The summed E-state index contributed by atoms with van der Waals surface area (Å²) < 4.78 is 0. The fourth-order valence-corrected chi connectivity index (χ4v) is 1.46. The van der Waals surface area contributed by atoms with E-state index < -0.39 is 0 Å². The topological polar surface area (TPSA) is 46.2 Å². The lowest BCUT2D eigenvalue weighted by Gasteiger charge is -2.10. The van der Waals surface area contributed by atoms with Crippen molar-refractivity contribution in [2.45, 2.75) is 26.7 Å². The minimum absolute atomic E-state index is 0.214. The van der Waals surface area contributed by atoms with Gasteiger partial charge in [0.05, 0.1) is 0 Å². The highest BCUT2D eigenvalue weighted by Gasteiger charge is 2.25. The maximum absolute atomic E-state index is 11.1. The van der Waals surface area contributed by atoms with Gasteiger partial charge in [0.1, 0.15) is 0 Å². The van der Waals surface area contributed by atoms with Crippen molar-refractivity contribution in [2.24, 2.45) is 5.92 Å². The van der Waals surface area contributed by atoms with Gasteiger partial charge in [-0.25, -0.2) is 0 Å². The lowest BCUT2D eigenvalue weighted by Crippen LogP contribution is -2.24. The van der Waals surface area contributed by atoms with E-state index in [2.05, 4.69) is 5.32 Å². The zero-order valence-electron chi connectivity index (χ0n) is 7.39. The van der Waals surface area contributed by atoms with Gasteiger partial charge in [-0.3, -0.25) is 14.9 Å². The van der Waals surface area contributed by atoms with Gasteiger partial charge in [-0.15, -0.1) is 0 Å². The van der Waals surface area contributed by atoms with Crippen molar-refractivity contribution in [3.05, 3.63) is 11.6 Å². The van der Waals surface area contributed by atoms with Gasteiger partial charge in [-0.1, -0.05) is 13.8 Å². The average Bonchev–Trinajstić information content (AvgIpc) is 2.34. The van der Waals surface area contributed by atoms with E-state index in [-0.39, 0.29) is 17.7 Å². The zero-order chi connectivity index (χ0) is 9.14. The van der Waals surface area contributed by atoms with Crippen LogP contribution < -0.4 is 5.32 Å². The first-order valence-corrected chi connectivity index (χ1v) is 4.25. The lowest BCUT2D eigenvalue weighted by molar-refractivity contribution is -0.124. The zero-order valence-corrected chi connectivity index (χ0v) is 7.39. The Morgan fingerprint density at radius 2 is 1.92 bits per heavy atom. The van der Waals surface area contributed by atoms with E-state index in [0.717, 1.165) is 12.8 Å². The summed E-state index contributed by atoms with van der Waals surface area (Å²) in [7, 11) is 0. The molecule has 12 heavy (non-hydrogen) atoms. The van der Waals surface area contributed by atoms with Crippen LogP contribution in [0.25, 0.3) is 0 Å². The third kappa shape index (κ3) is 1.55. The van der Waals surface area contributed by atoms with Crippen molar-refractivity contribution in [3.63, 3.8) is 0 Å². The number of carbonyl (C=O) groups excluding carboxylic acids is 2. The van der Waals surface area contributed by atoms with Crippen LogP contribution in [0, 0.1) is 5.92 Å². The van der Waals surface area contributed by atoms with Crippen molar-refractivity contribution in [2.75, 3.05) is 0 Å². The second-order valence-corrected chi connectivity index (χ2v) is 2.93. The molecule has 1 rings (SSSR count). The molecule has 0 saturated carbocycles. The molecule has 2 amide bonds. The maximum atomic E-state index is 11.1. The fraction of sp³-hybridized carbons (Fsp3) is 0.556. The first kappa shape index (κ1) is 8.97. The molecule has 0 radical (unpaired) electrons. The van der Waals surface area contributed by atoms with Crippen LogP contribution in [0.2, 0.25) is 0 Å². The minimum Gasteiger partial charge on any atom is -0.289 e. The molecule has 3 nitrogen and oxygen atoms in total. The standard InChI is InChI=1S/C9H13NO2/c1-3-6(4-2)7-5-8(11)10-9(7)12/h5-6H,3-4H2,1-2H3,(H,10,11,12). The highest BCUT2D eigenvalue weighted by atomic mass is 16.2. The average molecular weight is 167 g/mol. The number of rotatable bonds is 3. The molecular formula is C9H13NO2. The molecule has 0 unspecified atom stereocenters. The van der Waals surface area contributed by atoms with Gasteiger partial charge in [0.15, 0.2) is 0 Å². The lowest BCUT2D eigenvalue weighted by atomic mass is 9.94. The van der Waals surface area contributed by atoms with Crippen LogP contribution in [-0.4, -0.2) is 11.8 Å². The Bertz CT molecular complexity index is 239. The smallest absolute Gasteiger partial charge is 0.254 e. The molecule has 0 aliphatic carbocycles. The Balaban J connectivity index is 2.79. The van der Waals surface area contributed by atoms with Gasteiger partial charge in [0.2, 0.25) is 0 Å². The summed E-state index contributed by atoms with van der Waals surface area (Å²) in [5.41, 5.74) is 0.644. The van der Waals surface area contributed by atoms with E-state index in [1.165, 1.54) is 6.08 Å². The summed E-state index contributed by atoms with van der Waals surface area (Å²) in [5, 5.41) is 2.25. The van der Waals surface area contributed by atoms with Crippen molar-refractivity contribution < 1.29 is 9.59 Å². The Hall–Kier alpha value is -1.12. The predicted octanol–water partition coefficient (Wildman–Crippen LogP) is 1.01. The summed E-state index contributed by atoms with van der Waals surface area (Å²) in [4.78, 5) is 21.9. The normalized spacial score (nSPS) is 16.8. The number of hydrogen-bond donors (Lipinski definition) is 1. The highest BCUT2D eigenvalue weighted by Crippen LogP contribution is 2.21. The van der Waals surface area contributed by atoms with Gasteiger partial charge < -0.3 is 0 Å². The van der Waals surface area contributed by atoms with Crippen LogP contribution in [-0.2, 0) is 9.59 Å². The molecular weight excluding hydrogens is 154 g/mol. The first-order chi connectivity index (χ1) is 5.69. The Kier molecular flexibility index (Phi) is 2.63. The van der Waals surface area contributed by atoms with Gasteiger partial charge >= 0.3 is 0 Å². The van der Waals surface area contributed by atoms with Crippen molar-refractivity contribution in [1.29, 1.82) is 0 Å². The number of imide groups is 1. The molecule has 0 saturated heterocycles. The maximum Gasteiger partial charge on any atom is 0.254 e. The van der Waals surface area contributed by atoms with E-state index in [0.29, 0.717) is 5.57 Å². The van der Waals surface area contributed by atoms with Crippen molar-refractivity contribution >= 4 is 11.8 Å². The van der Waals surface area contributed by atoms with E-state index in [9.17, 15) is 9.59 Å². The fourth-order valence-electron chi connectivity index (χ4n) is 1.46. The van der Waals surface area contributed by atoms with Crippen LogP contribution in [0.3, 0.4) is 0 Å². The molecule has 0 aromatic rings. The number of carbonyl (C=O) groups is 2. The minimum atomic E-state index is -0.276. The first-order valence-electron chi connectivity index (χ1n) is 4.25. The van der Waals surface area contributed by atoms with Crippen LogP contribution in [0.5, 0.6) is 0 Å². The molecule has 0 aromatic heterocycles. The van der Waals surface area contributed by atoms with E-state index in [4.69, 9.17) is 0 Å². The molecule has 0 atom stereocenters. The Labute approximate surface area is 71.8 Å². The van der Waals surface area contributed by atoms with E-state index in [1.54, 1.807) is 0 Å². The number of amides is 2. The van der Waals surface area contributed by atoms with E-state index >= 15 is 0 Å². The number of hydrogen-bond acceptors (Lipinski definition) is 2. The van der Waals surface area contributed by atoms with Gasteiger partial charge in [-0.2, -0.15) is 0 Å². The summed E-state index contributed by atoms with van der Waals surface area (Å²) >= 11 is 0. The second-order valence-electron chi connectivity index (χ2n) is 2.93. The largest absolute Gasteiger partial charge is 0.289 e. The molecule has 0 spiro atoms. The highest BCUT2D eigenvalue weighted by molar-refractivity contribution is 6.16. The molecule has 0 bridgehead atoms. The monoisotopic (exact) mass is 167 g/mol. The molecule has 3 heteroatoms. The molecule has 1 N–H and O–H groups in total. The quantitative estimate of drug-likeness (QED) is 0.637. The van der Waals surface area contributed by atoms with Crippen LogP contribution in [0.15, 0.2) is 11.6 Å². The van der Waals surface area contributed by atoms with Crippen LogP contribution >= 0.6 is 0 Å².